The van der Waals surface area contributed by atoms with Gasteiger partial charge in [-0.1, -0.05) is 0 Å². The van der Waals surface area contributed by atoms with Crippen molar-refractivity contribution in [2.45, 2.75) is 184 Å². The maximum atomic E-state index is 11.7. The number of hydrogen-bond acceptors (Lipinski definition) is 24. The number of aliphatic imine (C=N–C) groups is 2. The number of rotatable bonds is 0. The van der Waals surface area contributed by atoms with E-state index in [0.29, 0.717) is 58.3 Å². The summed E-state index contributed by atoms with van der Waals surface area (Å²) < 4.78 is 12.9. The summed E-state index contributed by atoms with van der Waals surface area (Å²) >= 11 is 0. The molecular weight excluding hydrogens is 1320 g/mol. The minimum Gasteiger partial charge on any atom is -0.383 e. The number of anilines is 4. The van der Waals surface area contributed by atoms with Gasteiger partial charge in [-0.2, -0.15) is 9.97 Å². The first-order valence-corrected chi connectivity index (χ1v) is 32.1. The highest BCUT2D eigenvalue weighted by molar-refractivity contribution is 6.01. The monoisotopic (exact) mass is 1410 g/mol. The lowest BCUT2D eigenvalue weighted by Crippen LogP contribution is -2.33. The number of H-pyrrole nitrogens is 8. The van der Waals surface area contributed by atoms with Gasteiger partial charge in [0.25, 0.3) is 22.2 Å². The number of hydrogen-bond donors (Lipinski definition) is 13. The summed E-state index contributed by atoms with van der Waals surface area (Å²) in [4.78, 5) is 155. The Morgan fingerprint density at radius 1 is 0.402 bits per heavy atom. The first kappa shape index (κ1) is 75.7. The fourth-order valence-corrected chi connectivity index (χ4v) is 10.2. The van der Waals surface area contributed by atoms with Gasteiger partial charge in [0.05, 0.1) is 50.5 Å². The van der Waals surface area contributed by atoms with Crippen LogP contribution in [-0.4, -0.2) is 142 Å². The lowest BCUT2D eigenvalue weighted by molar-refractivity contribution is 0.394. The Labute approximate surface area is 580 Å². The third-order valence-electron chi connectivity index (χ3n) is 15.1. The van der Waals surface area contributed by atoms with Gasteiger partial charge in [0.1, 0.15) is 64.8 Å². The van der Waals surface area contributed by atoms with E-state index in [1.807, 2.05) is 109 Å². The molecular formula is C63H91N31O8. The highest BCUT2D eigenvalue weighted by Crippen LogP contribution is 2.28. The molecule has 12 aromatic heterocycles. The van der Waals surface area contributed by atoms with Crippen molar-refractivity contribution < 1.29 is 0 Å². The van der Waals surface area contributed by atoms with Crippen LogP contribution in [0.3, 0.4) is 0 Å². The Hall–Kier alpha value is -12.1. The smallest absolute Gasteiger partial charge is 0.348 e. The number of aromatic nitrogens is 24. The molecule has 0 amide bonds. The Bertz CT molecular complexity index is 5590. The summed E-state index contributed by atoms with van der Waals surface area (Å²) in [5, 5.41) is 6.40. The Kier molecular flexibility index (Phi) is 20.7. The minimum absolute atomic E-state index is 0.00516. The summed E-state index contributed by atoms with van der Waals surface area (Å²) in [5.41, 5.74) is 17.7. The number of fused-ring (bicyclic) bond motifs is 7. The lowest BCUT2D eigenvalue weighted by atomic mass is 10.1. The third kappa shape index (κ3) is 16.8. The van der Waals surface area contributed by atoms with Crippen molar-refractivity contribution in [2.75, 3.05) is 35.4 Å². The second-order valence-electron chi connectivity index (χ2n) is 30.5. The van der Waals surface area contributed by atoms with Crippen LogP contribution in [0.15, 0.2) is 92.6 Å². The van der Waals surface area contributed by atoms with Crippen LogP contribution in [0, 0.1) is 0 Å². The van der Waals surface area contributed by atoms with Gasteiger partial charge in [0.15, 0.2) is 39.0 Å². The third-order valence-corrected chi connectivity index (χ3v) is 15.1. The largest absolute Gasteiger partial charge is 0.383 e. The van der Waals surface area contributed by atoms with Crippen molar-refractivity contribution in [3.05, 3.63) is 139 Å². The summed E-state index contributed by atoms with van der Waals surface area (Å²) in [6.45, 7) is 43.5. The zero-order chi connectivity index (χ0) is 75.9. The first-order chi connectivity index (χ1) is 47.1. The molecule has 39 heteroatoms. The van der Waals surface area contributed by atoms with Gasteiger partial charge in [-0.15, -0.1) is 0 Å². The molecule has 0 spiro atoms. The fraction of sp³-hybridized carbons (Fsp3) is 0.476. The second-order valence-corrected chi connectivity index (χ2v) is 30.5. The number of aromatic amines is 8. The van der Waals surface area contributed by atoms with Gasteiger partial charge in [-0.05, 0) is 145 Å². The Morgan fingerprint density at radius 2 is 0.863 bits per heavy atom. The molecule has 0 bridgehead atoms. The van der Waals surface area contributed by atoms with Gasteiger partial charge >= 0.3 is 22.8 Å². The molecule has 102 heavy (non-hydrogen) atoms. The normalized spacial score (nSPS) is 13.1. The molecule has 39 nitrogen and oxygen atoms in total. The van der Waals surface area contributed by atoms with Gasteiger partial charge in [-0.25, -0.2) is 59.1 Å². The SMILES string of the molecule is CC(C)(C)n1c(=O)[nH]c2c(=O)[nH]c(=O)[nH]c21.CC(C)(C)n1cnc2c(=O)[nH]c(=O)[nH]c21.CC(C)(C)n1cnc2c(=O)[nH]c(N)nc21.CC(C)(C)n1cnc2c(=O)[nH]cnc21.CC(C)(C)n1cnc2c(N)[nH]c(=O)nc21.CC(C)(C)n1cnc2c1NCN=C2.CC(C)(C)n1cnc2c1NCN=C2N. The van der Waals surface area contributed by atoms with Crippen molar-refractivity contribution >= 4 is 91.3 Å². The van der Waals surface area contributed by atoms with E-state index in [9.17, 15) is 38.4 Å². The molecule has 0 fully saturated rings. The van der Waals surface area contributed by atoms with E-state index in [0.717, 1.165) is 23.0 Å². The molecule has 16 N–H and O–H groups in total. The quantitative estimate of drug-likeness (QED) is 0.103. The number of imidazole rings is 7. The van der Waals surface area contributed by atoms with Crippen molar-refractivity contribution in [1.29, 1.82) is 0 Å². The van der Waals surface area contributed by atoms with E-state index in [-0.39, 0.29) is 72.8 Å². The van der Waals surface area contributed by atoms with E-state index in [1.54, 1.807) is 57.0 Å². The standard InChI is InChI=1S/2C9H13N5O.C9H15N5.C9H12N4O3.C9H12N4O2.C9H12N4O.C9H14N4/c1-9(2,3)14-4-11-5-6(14)12-8(10)13-7(5)15;1-9(2,3)14-4-11-5-6(10)12-8(15)13-7(5)14;1-9(2,3)14-5-13-6-7(10)11-4-12-8(6)14;1-9(2,3)13-5-4(10-8(13)16)6(14)12-7(15)11-5;1-9(2,3)13-4-10-5-6(13)11-8(15)12-7(5)14;1-9(2,3)13-5-12-6-7(13)10-4-11-8(6)14;1-9(2,3)13-6-12-7-4-10-5-11-8(7)13/h2*4H,1-3H3,(H3,10,12,13,15);5,12H,4H2,1-3H3,(H2,10,11);1-3H3,(H,10,16)(H2,11,12,14,15);4H,1-3H3,(H2,11,12,14,15);4-5H,1-3H3,(H,10,11,14);4,6,11H,5H2,1-3H3. The molecule has 14 rings (SSSR count). The van der Waals surface area contributed by atoms with Crippen LogP contribution >= 0.6 is 0 Å². The van der Waals surface area contributed by atoms with E-state index >= 15 is 0 Å². The molecule has 0 saturated heterocycles. The number of nitrogens with two attached hydrogens (primary N) is 3. The number of nitrogens with zero attached hydrogens (tertiary/aromatic N) is 18. The molecule has 0 atom stereocenters. The molecule has 2 aliphatic rings. The molecule has 546 valence electrons. The van der Waals surface area contributed by atoms with Crippen molar-refractivity contribution in [3.63, 3.8) is 0 Å². The molecule has 0 aliphatic carbocycles. The van der Waals surface area contributed by atoms with Crippen molar-refractivity contribution in [2.24, 2.45) is 15.7 Å². The van der Waals surface area contributed by atoms with E-state index in [1.165, 1.54) is 10.9 Å². The van der Waals surface area contributed by atoms with Crippen molar-refractivity contribution in [1.82, 2.24) is 117 Å². The van der Waals surface area contributed by atoms with E-state index in [2.05, 4.69) is 156 Å². The molecule has 14 heterocycles. The summed E-state index contributed by atoms with van der Waals surface area (Å²) in [6.07, 6.45) is 13.3. The topological polar surface area (TPSA) is 540 Å². The maximum absolute atomic E-state index is 11.7. The molecule has 0 saturated carbocycles. The first-order valence-electron chi connectivity index (χ1n) is 32.1. The molecule has 2 aliphatic heterocycles. The van der Waals surface area contributed by atoms with Crippen LogP contribution in [-0.2, 0) is 38.8 Å². The number of nitrogen functional groups attached to an aromatic ring is 2. The maximum Gasteiger partial charge on any atom is 0.348 e. The summed E-state index contributed by atoms with van der Waals surface area (Å²) in [5.74, 6) is 2.92. The zero-order valence-electron chi connectivity index (χ0n) is 61.1. The average Bonchev–Trinajstić information content (AvgIpc) is 1.61. The predicted octanol–water partition coefficient (Wildman–Crippen LogP) is 3.58. The van der Waals surface area contributed by atoms with E-state index in [4.69, 9.17) is 17.2 Å². The molecule has 0 radical (unpaired) electrons. The zero-order valence-corrected chi connectivity index (χ0v) is 61.1. The van der Waals surface area contributed by atoms with Crippen molar-refractivity contribution in [3.8, 4) is 0 Å². The molecule has 0 unspecified atom stereocenters. The Balaban J connectivity index is 0.000000151. The van der Waals surface area contributed by atoms with Crippen LogP contribution in [0.1, 0.15) is 157 Å². The minimum atomic E-state index is -0.630. The predicted molar refractivity (Wildman–Crippen MR) is 393 cm³/mol. The fourth-order valence-electron chi connectivity index (χ4n) is 10.2. The second kappa shape index (κ2) is 27.9. The van der Waals surface area contributed by atoms with Crippen LogP contribution < -0.4 is 72.8 Å². The van der Waals surface area contributed by atoms with E-state index < -0.39 is 39.4 Å². The highest BCUT2D eigenvalue weighted by Gasteiger charge is 2.27. The number of amidine groups is 1. The van der Waals surface area contributed by atoms with Crippen LogP contribution in [0.2, 0.25) is 0 Å². The van der Waals surface area contributed by atoms with Gasteiger partial charge < -0.3 is 60.2 Å². The lowest BCUT2D eigenvalue weighted by Gasteiger charge is -2.25. The highest BCUT2D eigenvalue weighted by atomic mass is 16.2. The van der Waals surface area contributed by atoms with Gasteiger partial charge in [0, 0.05) is 38.8 Å². The van der Waals surface area contributed by atoms with Gasteiger partial charge in [-0.3, -0.25) is 63.6 Å². The van der Waals surface area contributed by atoms with Gasteiger partial charge in [0.2, 0.25) is 5.95 Å². The average molecular weight is 1410 g/mol. The summed E-state index contributed by atoms with van der Waals surface area (Å²) in [7, 11) is 0. The molecule has 12 aromatic rings. The molecule has 0 aromatic carbocycles. The summed E-state index contributed by atoms with van der Waals surface area (Å²) in [6, 6.07) is 0. The number of nitrogens with one attached hydrogen (secondary N) is 10. The van der Waals surface area contributed by atoms with Crippen LogP contribution in [0.4, 0.5) is 23.4 Å². The van der Waals surface area contributed by atoms with Crippen LogP contribution in [0.5, 0.6) is 0 Å². The van der Waals surface area contributed by atoms with Crippen LogP contribution in [0.25, 0.3) is 55.8 Å². The Morgan fingerprint density at radius 3 is 1.43 bits per heavy atom.